The van der Waals surface area contributed by atoms with Gasteiger partial charge in [0.05, 0.1) is 0 Å². The Morgan fingerprint density at radius 3 is 2.33 bits per heavy atom. The van der Waals surface area contributed by atoms with Crippen LogP contribution < -0.4 is 0 Å². The number of benzene rings is 3. The molecular weight excluding hydrogens is 244 g/mol. The highest BCUT2D eigenvalue weighted by Gasteiger charge is 2.11. The maximum Gasteiger partial charge on any atom is 0.124 e. The Hall–Kier alpha value is -1.99. The first-order valence-corrected chi connectivity index (χ1v) is 6.11. The van der Waals surface area contributed by atoms with Crippen molar-refractivity contribution in [3.05, 3.63) is 65.7 Å². The predicted octanol–water partition coefficient (Wildman–Crippen LogP) is 4.87. The van der Waals surface area contributed by atoms with Crippen LogP contribution >= 0.6 is 11.6 Å². The number of aromatic hydroxyl groups is 1. The molecule has 0 heterocycles. The van der Waals surface area contributed by atoms with Gasteiger partial charge in [0.1, 0.15) is 5.75 Å². The molecule has 1 nitrogen and oxygen atoms in total. The standard InChI is InChI=1S/C16H11ClO/c17-14-8-4-3-7-13(14)16-12-6-2-1-5-11(12)9-10-15(16)18/h1-10,18H. The van der Waals surface area contributed by atoms with E-state index in [1.807, 2.05) is 54.6 Å². The first kappa shape index (κ1) is 11.1. The van der Waals surface area contributed by atoms with Crippen molar-refractivity contribution in [2.45, 2.75) is 0 Å². The SMILES string of the molecule is Oc1ccc2ccccc2c1-c1ccccc1Cl. The van der Waals surface area contributed by atoms with E-state index < -0.39 is 0 Å². The maximum absolute atomic E-state index is 10.1. The highest BCUT2D eigenvalue weighted by Crippen LogP contribution is 2.39. The Kier molecular flexibility index (Phi) is 2.69. The number of halogens is 1. The highest BCUT2D eigenvalue weighted by atomic mass is 35.5. The highest BCUT2D eigenvalue weighted by molar-refractivity contribution is 6.33. The lowest BCUT2D eigenvalue weighted by molar-refractivity contribution is 0.478. The smallest absolute Gasteiger partial charge is 0.124 e. The number of hydrogen-bond acceptors (Lipinski definition) is 1. The van der Waals surface area contributed by atoms with E-state index in [4.69, 9.17) is 11.6 Å². The van der Waals surface area contributed by atoms with E-state index in [1.54, 1.807) is 6.07 Å². The molecular formula is C16H11ClO. The van der Waals surface area contributed by atoms with Gasteiger partial charge in [0.15, 0.2) is 0 Å². The van der Waals surface area contributed by atoms with Crippen molar-refractivity contribution in [2.75, 3.05) is 0 Å². The van der Waals surface area contributed by atoms with Crippen LogP contribution in [0.15, 0.2) is 60.7 Å². The molecule has 0 bridgehead atoms. The second-order valence-electron chi connectivity index (χ2n) is 4.16. The van der Waals surface area contributed by atoms with Crippen LogP contribution in [0.2, 0.25) is 5.02 Å². The molecule has 0 aliphatic heterocycles. The molecule has 0 amide bonds. The molecule has 2 heteroatoms. The third-order valence-electron chi connectivity index (χ3n) is 3.05. The van der Waals surface area contributed by atoms with E-state index >= 15 is 0 Å². The molecule has 0 atom stereocenters. The predicted molar refractivity (Wildman–Crippen MR) is 76.1 cm³/mol. The molecule has 3 aromatic carbocycles. The zero-order valence-corrected chi connectivity index (χ0v) is 10.4. The molecule has 0 saturated heterocycles. The summed E-state index contributed by atoms with van der Waals surface area (Å²) in [6.45, 7) is 0. The van der Waals surface area contributed by atoms with Crippen molar-refractivity contribution in [1.29, 1.82) is 0 Å². The lowest BCUT2D eigenvalue weighted by Gasteiger charge is -2.10. The average molecular weight is 255 g/mol. The summed E-state index contributed by atoms with van der Waals surface area (Å²) in [7, 11) is 0. The van der Waals surface area contributed by atoms with Gasteiger partial charge in [0.2, 0.25) is 0 Å². The third-order valence-corrected chi connectivity index (χ3v) is 3.38. The van der Waals surface area contributed by atoms with E-state index in [1.165, 1.54) is 0 Å². The van der Waals surface area contributed by atoms with E-state index in [9.17, 15) is 5.11 Å². The van der Waals surface area contributed by atoms with E-state index in [0.717, 1.165) is 21.9 Å². The summed E-state index contributed by atoms with van der Waals surface area (Å²) in [6, 6.07) is 19.1. The zero-order valence-electron chi connectivity index (χ0n) is 9.60. The van der Waals surface area contributed by atoms with Gasteiger partial charge in [-0.15, -0.1) is 0 Å². The van der Waals surface area contributed by atoms with Crippen LogP contribution in [-0.4, -0.2) is 5.11 Å². The summed E-state index contributed by atoms with van der Waals surface area (Å²) in [5, 5.41) is 12.9. The lowest BCUT2D eigenvalue weighted by Crippen LogP contribution is -1.83. The quantitative estimate of drug-likeness (QED) is 0.657. The van der Waals surface area contributed by atoms with Crippen molar-refractivity contribution in [3.8, 4) is 16.9 Å². The monoisotopic (exact) mass is 254 g/mol. The van der Waals surface area contributed by atoms with Gasteiger partial charge in [-0.25, -0.2) is 0 Å². The fourth-order valence-corrected chi connectivity index (χ4v) is 2.44. The minimum Gasteiger partial charge on any atom is -0.507 e. The number of phenols is 1. The first-order chi connectivity index (χ1) is 8.77. The maximum atomic E-state index is 10.1. The fraction of sp³-hybridized carbons (Fsp3) is 0. The topological polar surface area (TPSA) is 20.2 Å². The molecule has 0 aliphatic rings. The molecule has 0 unspecified atom stereocenters. The summed E-state index contributed by atoms with van der Waals surface area (Å²) < 4.78 is 0. The van der Waals surface area contributed by atoms with Gasteiger partial charge in [-0.3, -0.25) is 0 Å². The van der Waals surface area contributed by atoms with Crippen LogP contribution in [0.3, 0.4) is 0 Å². The van der Waals surface area contributed by atoms with Gasteiger partial charge in [0.25, 0.3) is 0 Å². The van der Waals surface area contributed by atoms with Crippen LogP contribution in [0, 0.1) is 0 Å². The van der Waals surface area contributed by atoms with E-state index in [-0.39, 0.29) is 5.75 Å². The molecule has 1 N–H and O–H groups in total. The molecule has 18 heavy (non-hydrogen) atoms. The molecule has 0 radical (unpaired) electrons. The van der Waals surface area contributed by atoms with Crippen molar-refractivity contribution < 1.29 is 5.11 Å². The normalized spacial score (nSPS) is 10.7. The second kappa shape index (κ2) is 4.35. The fourth-order valence-electron chi connectivity index (χ4n) is 2.21. The average Bonchev–Trinajstić information content (AvgIpc) is 2.40. The second-order valence-corrected chi connectivity index (χ2v) is 4.57. The third kappa shape index (κ3) is 1.73. The van der Waals surface area contributed by atoms with Crippen molar-refractivity contribution in [2.24, 2.45) is 0 Å². The summed E-state index contributed by atoms with van der Waals surface area (Å²) in [5.41, 5.74) is 1.65. The Balaban J connectivity index is 2.42. The Morgan fingerprint density at radius 2 is 1.50 bits per heavy atom. The Morgan fingerprint density at radius 1 is 0.778 bits per heavy atom. The number of rotatable bonds is 1. The zero-order chi connectivity index (χ0) is 12.5. The van der Waals surface area contributed by atoms with Gasteiger partial charge in [-0.1, -0.05) is 60.1 Å². The van der Waals surface area contributed by atoms with Gasteiger partial charge in [-0.2, -0.15) is 0 Å². The van der Waals surface area contributed by atoms with Crippen molar-refractivity contribution >= 4 is 22.4 Å². The molecule has 0 saturated carbocycles. The molecule has 88 valence electrons. The molecule has 0 aromatic heterocycles. The molecule has 3 rings (SSSR count). The summed E-state index contributed by atoms with van der Waals surface area (Å²) in [4.78, 5) is 0. The molecule has 0 spiro atoms. The van der Waals surface area contributed by atoms with Crippen molar-refractivity contribution in [3.63, 3.8) is 0 Å². The molecule has 0 aliphatic carbocycles. The Labute approximate surface area is 110 Å². The van der Waals surface area contributed by atoms with Crippen LogP contribution in [0.5, 0.6) is 5.75 Å². The van der Waals surface area contributed by atoms with Crippen LogP contribution in [0.4, 0.5) is 0 Å². The first-order valence-electron chi connectivity index (χ1n) is 5.73. The van der Waals surface area contributed by atoms with Crippen LogP contribution in [0.25, 0.3) is 21.9 Å². The van der Waals surface area contributed by atoms with Crippen LogP contribution in [-0.2, 0) is 0 Å². The summed E-state index contributed by atoms with van der Waals surface area (Å²) in [5.74, 6) is 0.252. The lowest BCUT2D eigenvalue weighted by atomic mass is 9.97. The minimum atomic E-state index is 0.252. The number of fused-ring (bicyclic) bond motifs is 1. The van der Waals surface area contributed by atoms with Gasteiger partial charge in [-0.05, 0) is 22.9 Å². The van der Waals surface area contributed by atoms with Crippen molar-refractivity contribution in [1.82, 2.24) is 0 Å². The summed E-state index contributed by atoms with van der Waals surface area (Å²) in [6.07, 6.45) is 0. The molecule has 3 aromatic rings. The van der Waals surface area contributed by atoms with Gasteiger partial charge < -0.3 is 5.11 Å². The molecule has 0 fully saturated rings. The Bertz CT molecular complexity index is 719. The number of phenolic OH excluding ortho intramolecular Hbond substituents is 1. The number of hydrogen-bond donors (Lipinski definition) is 1. The van der Waals surface area contributed by atoms with Gasteiger partial charge >= 0.3 is 0 Å². The largest absolute Gasteiger partial charge is 0.507 e. The summed E-state index contributed by atoms with van der Waals surface area (Å²) >= 11 is 6.22. The minimum absolute atomic E-state index is 0.252. The van der Waals surface area contributed by atoms with E-state index in [0.29, 0.717) is 5.02 Å². The van der Waals surface area contributed by atoms with Gasteiger partial charge in [0, 0.05) is 16.1 Å². The van der Waals surface area contributed by atoms with Crippen LogP contribution in [0.1, 0.15) is 0 Å². The van der Waals surface area contributed by atoms with E-state index in [2.05, 4.69) is 0 Å².